The number of hydrogen-bond acceptors (Lipinski definition) is 1. The van der Waals surface area contributed by atoms with E-state index in [1.807, 2.05) is 26.8 Å². The molecule has 1 amide bonds. The Morgan fingerprint density at radius 2 is 2.08 bits per heavy atom. The molecule has 1 N–H and O–H groups in total. The van der Waals surface area contributed by atoms with Gasteiger partial charge >= 0.3 is 0 Å². The van der Waals surface area contributed by atoms with Crippen LogP contribution in [-0.4, -0.2) is 11.4 Å². The molecule has 2 heteroatoms. The van der Waals surface area contributed by atoms with Crippen LogP contribution in [0.5, 0.6) is 0 Å². The molecule has 0 aromatic carbocycles. The van der Waals surface area contributed by atoms with Gasteiger partial charge in [-0.2, -0.15) is 0 Å². The van der Waals surface area contributed by atoms with Gasteiger partial charge in [0.05, 0.1) is 0 Å². The summed E-state index contributed by atoms with van der Waals surface area (Å²) in [5.41, 5.74) is -0.106. The molecular weight excluding hydrogens is 150 g/mol. The van der Waals surface area contributed by atoms with E-state index in [1.54, 1.807) is 0 Å². The van der Waals surface area contributed by atoms with Crippen LogP contribution < -0.4 is 5.32 Å². The van der Waals surface area contributed by atoms with Gasteiger partial charge in [0.2, 0.25) is 5.91 Å². The number of carbonyl (C=O) groups excluding carboxylic acids is 1. The molecule has 0 bridgehead atoms. The summed E-state index contributed by atoms with van der Waals surface area (Å²) in [4.78, 5) is 11.2. The maximum Gasteiger partial charge on any atom is 0.220 e. The third-order valence-corrected chi connectivity index (χ3v) is 1.33. The fraction of sp³-hybridized carbons (Fsp3) is 0.700. The second-order valence-corrected chi connectivity index (χ2v) is 3.98. The van der Waals surface area contributed by atoms with Crippen LogP contribution in [-0.2, 0) is 4.79 Å². The molecule has 0 atom stereocenters. The van der Waals surface area contributed by atoms with Crippen LogP contribution in [0.4, 0.5) is 0 Å². The van der Waals surface area contributed by atoms with Crippen molar-refractivity contribution in [3.05, 3.63) is 12.7 Å². The molecule has 0 aliphatic rings. The number of rotatable bonds is 4. The summed E-state index contributed by atoms with van der Waals surface area (Å²) in [5, 5.41) is 2.90. The Bertz CT molecular complexity index is 156. The molecule has 0 spiro atoms. The first-order valence-electron chi connectivity index (χ1n) is 4.37. The molecule has 12 heavy (non-hydrogen) atoms. The van der Waals surface area contributed by atoms with Gasteiger partial charge in [0.15, 0.2) is 0 Å². The molecule has 0 saturated heterocycles. The third-order valence-electron chi connectivity index (χ3n) is 1.33. The van der Waals surface area contributed by atoms with Crippen molar-refractivity contribution in [1.82, 2.24) is 5.32 Å². The fourth-order valence-corrected chi connectivity index (χ4v) is 0.888. The summed E-state index contributed by atoms with van der Waals surface area (Å²) in [5.74, 6) is 0.129. The molecule has 0 fully saturated rings. The minimum atomic E-state index is -0.106. The summed E-state index contributed by atoms with van der Waals surface area (Å²) in [6.07, 6.45) is 4.25. The number of hydrogen-bond donors (Lipinski definition) is 1. The van der Waals surface area contributed by atoms with Gasteiger partial charge in [-0.05, 0) is 33.6 Å². The van der Waals surface area contributed by atoms with Crippen LogP contribution in [0.3, 0.4) is 0 Å². The zero-order valence-corrected chi connectivity index (χ0v) is 8.31. The largest absolute Gasteiger partial charge is 0.352 e. The summed E-state index contributed by atoms with van der Waals surface area (Å²) < 4.78 is 0. The number of amides is 1. The second kappa shape index (κ2) is 4.96. The van der Waals surface area contributed by atoms with Crippen LogP contribution in [0.1, 0.15) is 40.0 Å². The predicted molar refractivity (Wildman–Crippen MR) is 51.9 cm³/mol. The average Bonchev–Trinajstić information content (AvgIpc) is 1.84. The number of allylic oxidation sites excluding steroid dienone is 1. The fourth-order valence-electron chi connectivity index (χ4n) is 0.888. The van der Waals surface area contributed by atoms with E-state index in [0.717, 1.165) is 12.8 Å². The van der Waals surface area contributed by atoms with Gasteiger partial charge in [-0.1, -0.05) is 6.08 Å². The number of carbonyl (C=O) groups is 1. The lowest BCUT2D eigenvalue weighted by Crippen LogP contribution is -2.40. The van der Waals surface area contributed by atoms with Crippen molar-refractivity contribution in [2.75, 3.05) is 0 Å². The first-order chi connectivity index (χ1) is 5.45. The zero-order valence-electron chi connectivity index (χ0n) is 8.31. The lowest BCUT2D eigenvalue weighted by molar-refractivity contribution is -0.122. The van der Waals surface area contributed by atoms with Crippen molar-refractivity contribution in [2.24, 2.45) is 0 Å². The number of unbranched alkanes of at least 4 members (excludes halogenated alkanes) is 1. The van der Waals surface area contributed by atoms with E-state index in [4.69, 9.17) is 0 Å². The first-order valence-corrected chi connectivity index (χ1v) is 4.37. The van der Waals surface area contributed by atoms with Gasteiger partial charge in [0.1, 0.15) is 0 Å². The van der Waals surface area contributed by atoms with E-state index in [2.05, 4.69) is 11.9 Å². The summed E-state index contributed by atoms with van der Waals surface area (Å²) >= 11 is 0. The topological polar surface area (TPSA) is 29.1 Å². The zero-order chi connectivity index (χ0) is 9.61. The highest BCUT2D eigenvalue weighted by Crippen LogP contribution is 2.01. The van der Waals surface area contributed by atoms with E-state index in [-0.39, 0.29) is 11.4 Å². The molecule has 0 rings (SSSR count). The quantitative estimate of drug-likeness (QED) is 0.507. The van der Waals surface area contributed by atoms with E-state index >= 15 is 0 Å². The average molecular weight is 169 g/mol. The van der Waals surface area contributed by atoms with Crippen molar-refractivity contribution in [1.29, 1.82) is 0 Å². The molecular formula is C10H19NO. The van der Waals surface area contributed by atoms with Crippen LogP contribution in [0.2, 0.25) is 0 Å². The smallest absolute Gasteiger partial charge is 0.220 e. The van der Waals surface area contributed by atoms with Crippen LogP contribution in [0.25, 0.3) is 0 Å². The second-order valence-electron chi connectivity index (χ2n) is 3.98. The molecule has 0 aromatic heterocycles. The van der Waals surface area contributed by atoms with Gasteiger partial charge in [0, 0.05) is 12.0 Å². The van der Waals surface area contributed by atoms with E-state index in [1.165, 1.54) is 0 Å². The Kier molecular flexibility index (Phi) is 4.64. The SMILES string of the molecule is C=CCCCC(=O)NC(C)(C)C. The van der Waals surface area contributed by atoms with Crippen molar-refractivity contribution in [2.45, 2.75) is 45.6 Å². The van der Waals surface area contributed by atoms with Crippen molar-refractivity contribution >= 4 is 5.91 Å². The maximum absolute atomic E-state index is 11.2. The van der Waals surface area contributed by atoms with E-state index in [0.29, 0.717) is 6.42 Å². The molecule has 0 aliphatic heterocycles. The van der Waals surface area contributed by atoms with Gasteiger partial charge in [-0.3, -0.25) is 4.79 Å². The molecule has 0 saturated carbocycles. The highest BCUT2D eigenvalue weighted by molar-refractivity contribution is 5.76. The van der Waals surface area contributed by atoms with Crippen LogP contribution in [0.15, 0.2) is 12.7 Å². The minimum Gasteiger partial charge on any atom is -0.352 e. The molecule has 70 valence electrons. The summed E-state index contributed by atoms with van der Waals surface area (Å²) in [7, 11) is 0. The Labute approximate surface area is 75.0 Å². The Morgan fingerprint density at radius 3 is 2.50 bits per heavy atom. The van der Waals surface area contributed by atoms with Gasteiger partial charge in [-0.25, -0.2) is 0 Å². The van der Waals surface area contributed by atoms with Gasteiger partial charge in [0.25, 0.3) is 0 Å². The molecule has 0 heterocycles. The van der Waals surface area contributed by atoms with Gasteiger partial charge < -0.3 is 5.32 Å². The maximum atomic E-state index is 11.2. The lowest BCUT2D eigenvalue weighted by atomic mass is 10.1. The molecule has 0 unspecified atom stereocenters. The Morgan fingerprint density at radius 1 is 1.50 bits per heavy atom. The van der Waals surface area contributed by atoms with Crippen LogP contribution >= 0.6 is 0 Å². The highest BCUT2D eigenvalue weighted by Gasteiger charge is 2.12. The lowest BCUT2D eigenvalue weighted by Gasteiger charge is -2.20. The van der Waals surface area contributed by atoms with Gasteiger partial charge in [-0.15, -0.1) is 6.58 Å². The third kappa shape index (κ3) is 7.32. The highest BCUT2D eigenvalue weighted by atomic mass is 16.1. The molecule has 2 nitrogen and oxygen atoms in total. The van der Waals surface area contributed by atoms with E-state index < -0.39 is 0 Å². The normalized spacial score (nSPS) is 10.9. The van der Waals surface area contributed by atoms with Crippen molar-refractivity contribution in [3.8, 4) is 0 Å². The molecule has 0 radical (unpaired) electrons. The Balaban J connectivity index is 3.53. The monoisotopic (exact) mass is 169 g/mol. The predicted octanol–water partition coefficient (Wildman–Crippen LogP) is 2.26. The molecule has 0 aliphatic carbocycles. The summed E-state index contributed by atoms with van der Waals surface area (Å²) in [6, 6.07) is 0. The summed E-state index contributed by atoms with van der Waals surface area (Å²) in [6.45, 7) is 9.55. The minimum absolute atomic E-state index is 0.106. The van der Waals surface area contributed by atoms with Crippen molar-refractivity contribution < 1.29 is 4.79 Å². The first kappa shape index (κ1) is 11.2. The number of nitrogens with one attached hydrogen (secondary N) is 1. The van der Waals surface area contributed by atoms with Crippen LogP contribution in [0, 0.1) is 0 Å². The van der Waals surface area contributed by atoms with E-state index in [9.17, 15) is 4.79 Å². The standard InChI is InChI=1S/C10H19NO/c1-5-6-7-8-9(12)11-10(2,3)4/h5H,1,6-8H2,2-4H3,(H,11,12). The molecule has 0 aromatic rings. The van der Waals surface area contributed by atoms with Crippen molar-refractivity contribution in [3.63, 3.8) is 0 Å². The Hall–Kier alpha value is -0.790.